The Morgan fingerprint density at radius 1 is 1.12 bits per heavy atom. The number of rotatable bonds is 2. The van der Waals surface area contributed by atoms with Gasteiger partial charge < -0.3 is 4.90 Å². The first-order valence-corrected chi connectivity index (χ1v) is 5.75. The summed E-state index contributed by atoms with van der Waals surface area (Å²) in [5.41, 5.74) is 3.31. The average molecular weight is 248 g/mol. The second kappa shape index (κ2) is 4.72. The Kier molecular flexibility index (Phi) is 3.29. The van der Waals surface area contributed by atoms with Crippen molar-refractivity contribution in [2.45, 2.75) is 13.8 Å². The topological polar surface area (TPSA) is 29.0 Å². The molecule has 0 aliphatic heterocycles. The summed E-state index contributed by atoms with van der Waals surface area (Å²) in [5, 5.41) is 0.268. The monoisotopic (exact) mass is 247 g/mol. The van der Waals surface area contributed by atoms with Crippen LogP contribution in [0.1, 0.15) is 11.1 Å². The lowest BCUT2D eigenvalue weighted by atomic mass is 10.2. The Morgan fingerprint density at radius 3 is 2.41 bits per heavy atom. The molecule has 0 saturated carbocycles. The smallest absolute Gasteiger partial charge is 0.224 e. The van der Waals surface area contributed by atoms with Crippen molar-refractivity contribution >= 4 is 23.1 Å². The first-order chi connectivity index (χ1) is 8.08. The summed E-state index contributed by atoms with van der Waals surface area (Å²) in [6.45, 7) is 4.03. The maximum atomic E-state index is 5.82. The van der Waals surface area contributed by atoms with Crippen molar-refractivity contribution in [3.05, 3.63) is 46.9 Å². The quantitative estimate of drug-likeness (QED) is 0.761. The van der Waals surface area contributed by atoms with Crippen LogP contribution in [0.3, 0.4) is 0 Å². The molecule has 0 N–H and O–H groups in total. The molecular formula is C13H14ClN3. The maximum absolute atomic E-state index is 5.82. The summed E-state index contributed by atoms with van der Waals surface area (Å²) >= 11 is 5.82. The average Bonchev–Trinajstić information content (AvgIpc) is 2.32. The molecule has 88 valence electrons. The molecule has 3 nitrogen and oxygen atoms in total. The molecule has 0 bridgehead atoms. The zero-order valence-electron chi connectivity index (χ0n) is 10.1. The lowest BCUT2D eigenvalue weighted by molar-refractivity contribution is 1.05. The molecule has 2 aromatic rings. The zero-order chi connectivity index (χ0) is 12.4. The lowest BCUT2D eigenvalue weighted by Crippen LogP contribution is -2.13. The molecule has 0 atom stereocenters. The van der Waals surface area contributed by atoms with Gasteiger partial charge >= 0.3 is 0 Å². The van der Waals surface area contributed by atoms with Crippen LogP contribution in [0, 0.1) is 13.8 Å². The highest BCUT2D eigenvalue weighted by atomic mass is 35.5. The molecule has 4 heteroatoms. The Hall–Kier alpha value is -1.61. The molecule has 1 heterocycles. The molecule has 0 saturated heterocycles. The minimum absolute atomic E-state index is 0.268. The molecule has 0 amide bonds. The summed E-state index contributed by atoms with van der Waals surface area (Å²) in [5.74, 6) is 0.828. The second-order valence-corrected chi connectivity index (χ2v) is 4.38. The van der Waals surface area contributed by atoms with Crippen LogP contribution in [0.5, 0.6) is 0 Å². The van der Waals surface area contributed by atoms with Crippen molar-refractivity contribution in [2.24, 2.45) is 0 Å². The summed E-state index contributed by atoms with van der Waals surface area (Å²) in [6, 6.07) is 8.27. The van der Waals surface area contributed by atoms with Gasteiger partial charge in [-0.3, -0.25) is 0 Å². The van der Waals surface area contributed by atoms with Crippen molar-refractivity contribution in [2.75, 3.05) is 11.9 Å². The predicted octanol–water partition coefficient (Wildman–Crippen LogP) is 3.51. The highest BCUT2D eigenvalue weighted by molar-refractivity contribution is 6.28. The lowest BCUT2D eigenvalue weighted by Gasteiger charge is -2.20. The summed E-state index contributed by atoms with van der Waals surface area (Å²) in [4.78, 5) is 10.2. The summed E-state index contributed by atoms with van der Waals surface area (Å²) in [6.07, 6.45) is 1.73. The minimum Gasteiger partial charge on any atom is -0.329 e. The van der Waals surface area contributed by atoms with E-state index in [-0.39, 0.29) is 5.28 Å². The Morgan fingerprint density at radius 2 is 1.76 bits per heavy atom. The molecule has 0 spiro atoms. The van der Waals surface area contributed by atoms with Crippen molar-refractivity contribution in [1.82, 2.24) is 9.97 Å². The van der Waals surface area contributed by atoms with Gasteiger partial charge in [0.25, 0.3) is 0 Å². The fourth-order valence-corrected chi connectivity index (χ4v) is 1.77. The SMILES string of the molecule is Cc1ccc(N(C)c2nc(Cl)ncc2C)cc1. The predicted molar refractivity (Wildman–Crippen MR) is 71.0 cm³/mol. The van der Waals surface area contributed by atoms with Crippen LogP contribution < -0.4 is 4.90 Å². The third-order valence-electron chi connectivity index (χ3n) is 2.65. The Bertz CT molecular complexity index is 523. The first-order valence-electron chi connectivity index (χ1n) is 5.37. The van der Waals surface area contributed by atoms with E-state index in [2.05, 4.69) is 41.2 Å². The molecule has 0 radical (unpaired) electrons. The van der Waals surface area contributed by atoms with Crippen molar-refractivity contribution in [3.8, 4) is 0 Å². The van der Waals surface area contributed by atoms with Gasteiger partial charge in [-0.15, -0.1) is 0 Å². The molecule has 1 aromatic heterocycles. The van der Waals surface area contributed by atoms with E-state index in [9.17, 15) is 0 Å². The number of hydrogen-bond donors (Lipinski definition) is 0. The van der Waals surface area contributed by atoms with Crippen molar-refractivity contribution in [3.63, 3.8) is 0 Å². The van der Waals surface area contributed by atoms with Gasteiger partial charge in [-0.1, -0.05) is 17.7 Å². The van der Waals surface area contributed by atoms with Crippen molar-refractivity contribution in [1.29, 1.82) is 0 Å². The van der Waals surface area contributed by atoms with E-state index in [4.69, 9.17) is 11.6 Å². The molecule has 1 aromatic carbocycles. The third-order valence-corrected chi connectivity index (χ3v) is 2.84. The van der Waals surface area contributed by atoms with Gasteiger partial charge in [0.05, 0.1) is 0 Å². The largest absolute Gasteiger partial charge is 0.329 e. The zero-order valence-corrected chi connectivity index (χ0v) is 10.9. The molecule has 0 aliphatic rings. The number of nitrogens with zero attached hydrogens (tertiary/aromatic N) is 3. The van der Waals surface area contributed by atoms with E-state index in [0.717, 1.165) is 17.1 Å². The van der Waals surface area contributed by atoms with Crippen molar-refractivity contribution < 1.29 is 0 Å². The van der Waals surface area contributed by atoms with Gasteiger partial charge in [0.1, 0.15) is 5.82 Å². The number of halogens is 1. The fourth-order valence-electron chi connectivity index (χ4n) is 1.64. The summed E-state index contributed by atoms with van der Waals surface area (Å²) < 4.78 is 0. The highest BCUT2D eigenvalue weighted by Crippen LogP contribution is 2.25. The Balaban J connectivity index is 2.39. The van der Waals surface area contributed by atoms with Crippen LogP contribution in [0.15, 0.2) is 30.5 Å². The van der Waals surface area contributed by atoms with Gasteiger partial charge in [-0.2, -0.15) is 4.98 Å². The summed E-state index contributed by atoms with van der Waals surface area (Å²) in [7, 11) is 1.97. The Labute approximate surface area is 106 Å². The van der Waals surface area contributed by atoms with Gasteiger partial charge in [0, 0.05) is 24.5 Å². The minimum atomic E-state index is 0.268. The molecule has 0 unspecified atom stereocenters. The van der Waals surface area contributed by atoms with E-state index >= 15 is 0 Å². The molecular weight excluding hydrogens is 234 g/mol. The van der Waals surface area contributed by atoms with Gasteiger partial charge in [0.15, 0.2) is 0 Å². The third kappa shape index (κ3) is 2.56. The normalized spacial score (nSPS) is 10.4. The van der Waals surface area contributed by atoms with Crippen LogP contribution >= 0.6 is 11.6 Å². The fraction of sp³-hybridized carbons (Fsp3) is 0.231. The molecule has 17 heavy (non-hydrogen) atoms. The van der Waals surface area contributed by atoms with Crippen LogP contribution in [-0.4, -0.2) is 17.0 Å². The maximum Gasteiger partial charge on any atom is 0.224 e. The molecule has 0 aliphatic carbocycles. The number of hydrogen-bond acceptors (Lipinski definition) is 3. The number of aromatic nitrogens is 2. The first kappa shape index (κ1) is 11.9. The second-order valence-electron chi connectivity index (χ2n) is 4.04. The number of anilines is 2. The van der Waals surface area contributed by atoms with Gasteiger partial charge in [-0.25, -0.2) is 4.98 Å². The van der Waals surface area contributed by atoms with Crippen LogP contribution in [-0.2, 0) is 0 Å². The molecule has 2 rings (SSSR count). The van der Waals surface area contributed by atoms with E-state index in [0.29, 0.717) is 0 Å². The van der Waals surface area contributed by atoms with E-state index in [1.54, 1.807) is 6.20 Å². The molecule has 0 fully saturated rings. The standard InChI is InChI=1S/C13H14ClN3/c1-9-4-6-11(7-5-9)17(3)12-10(2)8-15-13(14)16-12/h4-8H,1-3H3. The van der Waals surface area contributed by atoms with Crippen LogP contribution in [0.2, 0.25) is 5.28 Å². The van der Waals surface area contributed by atoms with Gasteiger partial charge in [0.2, 0.25) is 5.28 Å². The van der Waals surface area contributed by atoms with E-state index in [1.165, 1.54) is 5.56 Å². The van der Waals surface area contributed by atoms with E-state index < -0.39 is 0 Å². The number of aryl methyl sites for hydroxylation is 2. The van der Waals surface area contributed by atoms with Gasteiger partial charge in [-0.05, 0) is 37.6 Å². The highest BCUT2D eigenvalue weighted by Gasteiger charge is 2.09. The number of benzene rings is 1. The van der Waals surface area contributed by atoms with Crippen LogP contribution in [0.25, 0.3) is 0 Å². The van der Waals surface area contributed by atoms with E-state index in [1.807, 2.05) is 18.9 Å². The van der Waals surface area contributed by atoms with Crippen LogP contribution in [0.4, 0.5) is 11.5 Å².